The first-order chi connectivity index (χ1) is 16.8. The molecule has 2 heterocycles. The summed E-state index contributed by atoms with van der Waals surface area (Å²) in [6.07, 6.45) is 3.27. The van der Waals surface area contributed by atoms with Crippen LogP contribution in [0.1, 0.15) is 29.3 Å². The largest absolute Gasteiger partial charge is 0.378 e. The van der Waals surface area contributed by atoms with E-state index < -0.39 is 34.0 Å². The molecule has 4 rings (SSSR count). The second-order valence-corrected chi connectivity index (χ2v) is 9.29. The molecule has 3 N–H and O–H groups in total. The van der Waals surface area contributed by atoms with E-state index in [1.54, 1.807) is 0 Å². The molecule has 11 heteroatoms. The van der Waals surface area contributed by atoms with Crippen molar-refractivity contribution in [3.63, 3.8) is 0 Å². The Bertz CT molecular complexity index is 1420. The summed E-state index contributed by atoms with van der Waals surface area (Å²) in [5.41, 5.74) is 1.01. The standard InChI is InChI=1S/C24H24F2N6O2S/c1-4-10-35(34)31-18-9-8-17(25)20(21(18)26)22(33)16-12-27-23-19(16)24(29-13-28-23)30-14-6-5-7-15(11-14)32(2)3/h5-9,11-13,31H,4,10H2,1-3H3,(H2,27,28,29,30). The van der Waals surface area contributed by atoms with Crippen molar-refractivity contribution in [2.24, 2.45) is 0 Å². The topological polar surface area (TPSA) is 103 Å². The van der Waals surface area contributed by atoms with E-state index in [4.69, 9.17) is 0 Å². The fraction of sp³-hybridized carbons (Fsp3) is 0.208. The molecule has 35 heavy (non-hydrogen) atoms. The number of carbonyl (C=O) groups excluding carboxylic acids is 1. The Morgan fingerprint density at radius 3 is 2.71 bits per heavy atom. The van der Waals surface area contributed by atoms with Gasteiger partial charge >= 0.3 is 0 Å². The molecule has 0 fully saturated rings. The predicted molar refractivity (Wildman–Crippen MR) is 135 cm³/mol. The van der Waals surface area contributed by atoms with Gasteiger partial charge in [-0.3, -0.25) is 4.79 Å². The Morgan fingerprint density at radius 2 is 1.97 bits per heavy atom. The summed E-state index contributed by atoms with van der Waals surface area (Å²) < 4.78 is 44.5. The van der Waals surface area contributed by atoms with Crippen molar-refractivity contribution in [2.75, 3.05) is 34.8 Å². The number of aromatic amines is 1. The van der Waals surface area contributed by atoms with Crippen LogP contribution < -0.4 is 14.9 Å². The van der Waals surface area contributed by atoms with Gasteiger partial charge in [-0.2, -0.15) is 0 Å². The van der Waals surface area contributed by atoms with E-state index in [2.05, 4.69) is 25.0 Å². The van der Waals surface area contributed by atoms with Gasteiger partial charge in [-0.15, -0.1) is 0 Å². The lowest BCUT2D eigenvalue weighted by Crippen LogP contribution is -2.13. The van der Waals surface area contributed by atoms with Gasteiger partial charge in [0.05, 0.1) is 22.2 Å². The highest BCUT2D eigenvalue weighted by atomic mass is 32.2. The van der Waals surface area contributed by atoms with E-state index in [0.717, 1.165) is 17.8 Å². The molecule has 182 valence electrons. The number of nitrogens with one attached hydrogen (secondary N) is 3. The summed E-state index contributed by atoms with van der Waals surface area (Å²) >= 11 is 0. The third-order valence-electron chi connectivity index (χ3n) is 5.27. The van der Waals surface area contributed by atoms with E-state index in [1.165, 1.54) is 12.5 Å². The first-order valence-electron chi connectivity index (χ1n) is 10.8. The van der Waals surface area contributed by atoms with Crippen molar-refractivity contribution < 1.29 is 17.8 Å². The average molecular weight is 499 g/mol. The number of benzene rings is 2. The Morgan fingerprint density at radius 1 is 1.17 bits per heavy atom. The number of nitrogens with zero attached hydrogens (tertiary/aromatic N) is 3. The normalized spacial score (nSPS) is 11.9. The van der Waals surface area contributed by atoms with Crippen molar-refractivity contribution in [1.82, 2.24) is 15.0 Å². The molecule has 8 nitrogen and oxygen atoms in total. The molecule has 1 atom stereocenters. The van der Waals surface area contributed by atoms with E-state index in [9.17, 15) is 13.4 Å². The molecule has 0 aliphatic carbocycles. The van der Waals surface area contributed by atoms with Gasteiger partial charge in [0.25, 0.3) is 0 Å². The van der Waals surface area contributed by atoms with Crippen molar-refractivity contribution in [2.45, 2.75) is 13.3 Å². The molecule has 0 saturated heterocycles. The molecular weight excluding hydrogens is 474 g/mol. The van der Waals surface area contributed by atoms with E-state index in [1.807, 2.05) is 50.2 Å². The lowest BCUT2D eigenvalue weighted by Gasteiger charge is -2.14. The number of halogens is 2. The molecule has 0 aliphatic rings. The molecule has 0 radical (unpaired) electrons. The highest BCUT2D eigenvalue weighted by molar-refractivity contribution is 7.86. The van der Waals surface area contributed by atoms with Gasteiger partial charge in [-0.1, -0.05) is 13.0 Å². The van der Waals surface area contributed by atoms with Crippen LogP contribution in [0.2, 0.25) is 0 Å². The highest BCUT2D eigenvalue weighted by Gasteiger charge is 2.26. The Balaban J connectivity index is 1.76. The molecule has 0 bridgehead atoms. The van der Waals surface area contributed by atoms with Gasteiger partial charge in [0, 0.05) is 37.4 Å². The van der Waals surface area contributed by atoms with Crippen LogP contribution in [0.3, 0.4) is 0 Å². The zero-order valence-electron chi connectivity index (χ0n) is 19.4. The zero-order valence-corrected chi connectivity index (χ0v) is 20.2. The summed E-state index contributed by atoms with van der Waals surface area (Å²) in [5.74, 6) is -2.45. The van der Waals surface area contributed by atoms with Crippen molar-refractivity contribution in [1.29, 1.82) is 0 Å². The quantitative estimate of drug-likeness (QED) is 0.288. The van der Waals surface area contributed by atoms with Gasteiger partial charge < -0.3 is 19.9 Å². The van der Waals surface area contributed by atoms with E-state index >= 15 is 4.39 Å². The summed E-state index contributed by atoms with van der Waals surface area (Å²) in [7, 11) is 2.26. The maximum absolute atomic E-state index is 15.2. The number of rotatable bonds is 9. The van der Waals surface area contributed by atoms with Crippen LogP contribution in [0.25, 0.3) is 11.0 Å². The molecule has 0 amide bonds. The van der Waals surface area contributed by atoms with Gasteiger partial charge in [0.1, 0.15) is 34.6 Å². The lowest BCUT2D eigenvalue weighted by molar-refractivity contribution is 0.103. The monoisotopic (exact) mass is 498 g/mol. The van der Waals surface area contributed by atoms with E-state index in [-0.39, 0.29) is 17.0 Å². The Hall–Kier alpha value is -3.86. The average Bonchev–Trinajstić information content (AvgIpc) is 3.27. The second-order valence-electron chi connectivity index (χ2n) is 7.98. The molecule has 0 aliphatic heterocycles. The van der Waals surface area contributed by atoms with Crippen LogP contribution in [0.15, 0.2) is 48.9 Å². The number of H-pyrrole nitrogens is 1. The van der Waals surface area contributed by atoms with Crippen LogP contribution >= 0.6 is 0 Å². The number of hydrogen-bond acceptors (Lipinski definition) is 6. The minimum atomic E-state index is -1.56. The SMILES string of the molecule is CCCS(=O)Nc1ccc(F)c(C(=O)c2c[nH]c3ncnc(Nc4cccc(N(C)C)c4)c23)c1F. The molecule has 4 aromatic rings. The number of fused-ring (bicyclic) bond motifs is 1. The van der Waals surface area contributed by atoms with Gasteiger partial charge in [-0.05, 0) is 36.8 Å². The lowest BCUT2D eigenvalue weighted by atomic mass is 10.0. The minimum absolute atomic E-state index is 0.00325. The van der Waals surface area contributed by atoms with Gasteiger partial charge in [0.2, 0.25) is 5.78 Å². The van der Waals surface area contributed by atoms with Crippen LogP contribution in [0, 0.1) is 11.6 Å². The fourth-order valence-electron chi connectivity index (χ4n) is 3.57. The number of ketones is 1. The number of aromatic nitrogens is 3. The Kier molecular flexibility index (Phi) is 7.06. The maximum atomic E-state index is 15.2. The third-order valence-corrected chi connectivity index (χ3v) is 6.50. The number of anilines is 4. The third kappa shape index (κ3) is 4.99. The predicted octanol–water partition coefficient (Wildman–Crippen LogP) is 4.76. The number of carbonyl (C=O) groups is 1. The highest BCUT2D eigenvalue weighted by Crippen LogP contribution is 2.31. The summed E-state index contributed by atoms with van der Waals surface area (Å²) in [6, 6.07) is 9.63. The summed E-state index contributed by atoms with van der Waals surface area (Å²) in [6.45, 7) is 1.83. The van der Waals surface area contributed by atoms with Crippen LogP contribution in [0.5, 0.6) is 0 Å². The minimum Gasteiger partial charge on any atom is -0.378 e. The smallest absolute Gasteiger partial charge is 0.201 e. The van der Waals surface area contributed by atoms with E-state index in [0.29, 0.717) is 29.0 Å². The van der Waals surface area contributed by atoms with Gasteiger partial charge in [0.15, 0.2) is 5.82 Å². The van der Waals surface area contributed by atoms with Crippen LogP contribution in [0.4, 0.5) is 31.7 Å². The van der Waals surface area contributed by atoms with Crippen LogP contribution in [-0.2, 0) is 11.0 Å². The van der Waals surface area contributed by atoms with Gasteiger partial charge in [-0.25, -0.2) is 23.0 Å². The molecule has 0 saturated carbocycles. The Labute approximate surface area is 203 Å². The second kappa shape index (κ2) is 10.2. The molecular formula is C24H24F2N6O2S. The maximum Gasteiger partial charge on any atom is 0.201 e. The first kappa shape index (κ1) is 24.3. The fourth-order valence-corrected chi connectivity index (χ4v) is 4.44. The summed E-state index contributed by atoms with van der Waals surface area (Å²) in [4.78, 5) is 26.6. The molecule has 2 aromatic heterocycles. The molecule has 0 spiro atoms. The zero-order chi connectivity index (χ0) is 25.1. The summed E-state index contributed by atoms with van der Waals surface area (Å²) in [5, 5.41) is 3.46. The van der Waals surface area contributed by atoms with Crippen molar-refractivity contribution in [3.05, 3.63) is 71.7 Å². The van der Waals surface area contributed by atoms with Crippen molar-refractivity contribution in [3.8, 4) is 0 Å². The first-order valence-corrected chi connectivity index (χ1v) is 12.2. The van der Waals surface area contributed by atoms with Crippen LogP contribution in [-0.4, -0.2) is 44.8 Å². The number of hydrogen-bond donors (Lipinski definition) is 3. The molecule has 2 aromatic carbocycles. The van der Waals surface area contributed by atoms with Crippen molar-refractivity contribution >= 4 is 50.7 Å². The molecule has 1 unspecified atom stereocenters.